The first-order valence-corrected chi connectivity index (χ1v) is 8.58. The zero-order valence-electron chi connectivity index (χ0n) is 12.6. The highest BCUT2D eigenvalue weighted by Crippen LogP contribution is 2.17. The second kappa shape index (κ2) is 7.15. The summed E-state index contributed by atoms with van der Waals surface area (Å²) in [6, 6.07) is 15.1. The zero-order valence-corrected chi connectivity index (χ0v) is 13.5. The van der Waals surface area contributed by atoms with Crippen LogP contribution in [-0.2, 0) is 0 Å². The minimum absolute atomic E-state index is 0.0645. The molecule has 3 rings (SSSR count). The van der Waals surface area contributed by atoms with Crippen molar-refractivity contribution >= 4 is 29.4 Å². The summed E-state index contributed by atoms with van der Waals surface area (Å²) in [7, 11) is 0. The SMILES string of the molecule is CSCC(NC(=O)Nc1nnc2ccccn12)c1ccccc1. The number of thioether (sulfide) groups is 1. The molecular weight excluding hydrogens is 310 g/mol. The van der Waals surface area contributed by atoms with Gasteiger partial charge in [-0.1, -0.05) is 36.4 Å². The lowest BCUT2D eigenvalue weighted by molar-refractivity contribution is 0.249. The number of hydrogen-bond acceptors (Lipinski definition) is 4. The minimum Gasteiger partial charge on any atom is -0.330 e. The highest BCUT2D eigenvalue weighted by Gasteiger charge is 2.15. The fraction of sp³-hybridized carbons (Fsp3) is 0.188. The van der Waals surface area contributed by atoms with Crippen LogP contribution in [0.3, 0.4) is 0 Å². The van der Waals surface area contributed by atoms with E-state index >= 15 is 0 Å². The Morgan fingerprint density at radius 3 is 2.74 bits per heavy atom. The van der Waals surface area contributed by atoms with Crippen LogP contribution in [0, 0.1) is 0 Å². The second-order valence-corrected chi connectivity index (χ2v) is 5.88. The Bertz CT molecular complexity index is 789. The molecule has 0 radical (unpaired) electrons. The van der Waals surface area contributed by atoms with Gasteiger partial charge in [0.25, 0.3) is 0 Å². The van der Waals surface area contributed by atoms with Crippen LogP contribution in [0.2, 0.25) is 0 Å². The maximum absolute atomic E-state index is 12.3. The molecule has 6 nitrogen and oxygen atoms in total. The van der Waals surface area contributed by atoms with E-state index in [1.165, 1.54) is 0 Å². The smallest absolute Gasteiger partial charge is 0.322 e. The van der Waals surface area contributed by atoms with Crippen molar-refractivity contribution in [2.45, 2.75) is 6.04 Å². The molecule has 2 aromatic heterocycles. The number of nitrogens with zero attached hydrogens (tertiary/aromatic N) is 3. The van der Waals surface area contributed by atoms with E-state index < -0.39 is 0 Å². The maximum atomic E-state index is 12.3. The molecule has 3 aromatic rings. The molecule has 0 aliphatic heterocycles. The van der Waals surface area contributed by atoms with Gasteiger partial charge in [0.2, 0.25) is 5.95 Å². The van der Waals surface area contributed by atoms with Crippen molar-refractivity contribution in [3.05, 3.63) is 60.3 Å². The molecule has 0 spiro atoms. The van der Waals surface area contributed by atoms with Crippen molar-refractivity contribution < 1.29 is 4.79 Å². The quantitative estimate of drug-likeness (QED) is 0.756. The average Bonchev–Trinajstić information content (AvgIpc) is 2.98. The fourth-order valence-corrected chi connectivity index (χ4v) is 2.90. The van der Waals surface area contributed by atoms with Crippen LogP contribution < -0.4 is 10.6 Å². The number of hydrogen-bond donors (Lipinski definition) is 2. The summed E-state index contributed by atoms with van der Waals surface area (Å²) in [5.41, 5.74) is 1.76. The number of urea groups is 1. The summed E-state index contributed by atoms with van der Waals surface area (Å²) in [4.78, 5) is 12.3. The molecule has 2 amide bonds. The van der Waals surface area contributed by atoms with Gasteiger partial charge in [0.1, 0.15) is 0 Å². The second-order valence-electron chi connectivity index (χ2n) is 4.97. The lowest BCUT2D eigenvalue weighted by Gasteiger charge is -2.18. The van der Waals surface area contributed by atoms with Crippen molar-refractivity contribution in [1.29, 1.82) is 0 Å². The van der Waals surface area contributed by atoms with E-state index in [0.29, 0.717) is 11.6 Å². The van der Waals surface area contributed by atoms with E-state index in [9.17, 15) is 4.79 Å². The Morgan fingerprint density at radius 2 is 1.96 bits per heavy atom. The number of pyridine rings is 1. The highest BCUT2D eigenvalue weighted by molar-refractivity contribution is 7.98. The third-order valence-corrected chi connectivity index (χ3v) is 4.05. The molecule has 0 aliphatic rings. The molecule has 0 saturated heterocycles. The normalized spacial score (nSPS) is 12.0. The first-order chi connectivity index (χ1) is 11.3. The standard InChI is InChI=1S/C16H17N5OS/c1-23-11-13(12-7-3-2-4-8-12)17-16(22)18-15-20-19-14-9-5-6-10-21(14)15/h2-10,13H,11H2,1H3,(H2,17,18,20,22). The molecule has 7 heteroatoms. The fourth-order valence-electron chi connectivity index (χ4n) is 2.30. The summed E-state index contributed by atoms with van der Waals surface area (Å²) in [6.45, 7) is 0. The number of amides is 2. The molecule has 0 saturated carbocycles. The number of benzene rings is 1. The largest absolute Gasteiger partial charge is 0.330 e. The lowest BCUT2D eigenvalue weighted by Crippen LogP contribution is -2.34. The van der Waals surface area contributed by atoms with Crippen LogP contribution in [0.4, 0.5) is 10.7 Å². The van der Waals surface area contributed by atoms with Gasteiger partial charge < -0.3 is 5.32 Å². The molecule has 2 heterocycles. The van der Waals surface area contributed by atoms with Crippen LogP contribution in [0.5, 0.6) is 0 Å². The molecule has 0 aliphatic carbocycles. The number of nitrogens with one attached hydrogen (secondary N) is 2. The number of carbonyl (C=O) groups excluding carboxylic acids is 1. The predicted molar refractivity (Wildman–Crippen MR) is 92.7 cm³/mol. The summed E-state index contributed by atoms with van der Waals surface area (Å²) in [5.74, 6) is 1.19. The molecule has 118 valence electrons. The zero-order chi connectivity index (χ0) is 16.1. The van der Waals surface area contributed by atoms with Crippen LogP contribution in [0.15, 0.2) is 54.7 Å². The Labute approximate surface area is 138 Å². The Balaban J connectivity index is 1.72. The van der Waals surface area contributed by atoms with E-state index in [1.54, 1.807) is 16.2 Å². The summed E-state index contributed by atoms with van der Waals surface area (Å²) >= 11 is 1.68. The van der Waals surface area contributed by atoms with Crippen LogP contribution in [-0.4, -0.2) is 32.6 Å². The van der Waals surface area contributed by atoms with E-state index in [1.807, 2.05) is 61.0 Å². The van der Waals surface area contributed by atoms with Gasteiger partial charge in [-0.25, -0.2) is 4.79 Å². The third kappa shape index (κ3) is 3.62. The first kappa shape index (κ1) is 15.4. The molecule has 1 aromatic carbocycles. The Morgan fingerprint density at radius 1 is 1.17 bits per heavy atom. The molecular formula is C16H17N5OS. The number of rotatable bonds is 5. The Kier molecular flexibility index (Phi) is 4.77. The average molecular weight is 327 g/mol. The van der Waals surface area contributed by atoms with Gasteiger partial charge in [-0.05, 0) is 24.0 Å². The van der Waals surface area contributed by atoms with Gasteiger partial charge in [0.15, 0.2) is 5.65 Å². The highest BCUT2D eigenvalue weighted by atomic mass is 32.2. The molecule has 0 fully saturated rings. The summed E-state index contributed by atoms with van der Waals surface area (Å²) < 4.78 is 1.73. The maximum Gasteiger partial charge on any atom is 0.322 e. The van der Waals surface area contributed by atoms with E-state index in [0.717, 1.165) is 11.3 Å². The number of aromatic nitrogens is 3. The summed E-state index contributed by atoms with van der Waals surface area (Å²) in [5, 5.41) is 13.7. The van der Waals surface area contributed by atoms with Gasteiger partial charge in [-0.2, -0.15) is 11.8 Å². The molecule has 1 atom stereocenters. The van der Waals surface area contributed by atoms with Gasteiger partial charge in [0.05, 0.1) is 6.04 Å². The van der Waals surface area contributed by atoms with Crippen LogP contribution in [0.1, 0.15) is 11.6 Å². The third-order valence-electron chi connectivity index (χ3n) is 3.38. The van der Waals surface area contributed by atoms with Gasteiger partial charge in [0, 0.05) is 11.9 Å². The van der Waals surface area contributed by atoms with E-state index in [-0.39, 0.29) is 12.1 Å². The lowest BCUT2D eigenvalue weighted by atomic mass is 10.1. The molecule has 23 heavy (non-hydrogen) atoms. The molecule has 0 bridgehead atoms. The monoisotopic (exact) mass is 327 g/mol. The molecule has 2 N–H and O–H groups in total. The predicted octanol–water partition coefficient (Wildman–Crippen LogP) is 2.96. The minimum atomic E-state index is -0.300. The number of carbonyl (C=O) groups is 1. The van der Waals surface area contributed by atoms with Crippen molar-refractivity contribution in [2.24, 2.45) is 0 Å². The van der Waals surface area contributed by atoms with E-state index in [2.05, 4.69) is 20.8 Å². The van der Waals surface area contributed by atoms with Gasteiger partial charge >= 0.3 is 6.03 Å². The van der Waals surface area contributed by atoms with E-state index in [4.69, 9.17) is 0 Å². The van der Waals surface area contributed by atoms with Gasteiger partial charge in [-0.3, -0.25) is 9.72 Å². The van der Waals surface area contributed by atoms with Crippen molar-refractivity contribution in [2.75, 3.05) is 17.3 Å². The summed E-state index contributed by atoms with van der Waals surface area (Å²) in [6.07, 6.45) is 3.82. The Hall–Kier alpha value is -2.54. The van der Waals surface area contributed by atoms with Crippen molar-refractivity contribution in [3.63, 3.8) is 0 Å². The molecule has 1 unspecified atom stereocenters. The van der Waals surface area contributed by atoms with Crippen LogP contribution >= 0.6 is 11.8 Å². The first-order valence-electron chi connectivity index (χ1n) is 7.19. The van der Waals surface area contributed by atoms with Crippen molar-refractivity contribution in [3.8, 4) is 0 Å². The van der Waals surface area contributed by atoms with Gasteiger partial charge in [-0.15, -0.1) is 10.2 Å². The van der Waals surface area contributed by atoms with Crippen LogP contribution in [0.25, 0.3) is 5.65 Å². The van der Waals surface area contributed by atoms with Crippen molar-refractivity contribution in [1.82, 2.24) is 19.9 Å². The number of anilines is 1. The topological polar surface area (TPSA) is 71.3 Å². The number of fused-ring (bicyclic) bond motifs is 1.